The van der Waals surface area contributed by atoms with Gasteiger partial charge in [0.2, 0.25) is 17.7 Å². The number of oxazole rings is 1. The Labute approximate surface area is 189 Å². The number of amides is 3. The summed E-state index contributed by atoms with van der Waals surface area (Å²) in [4.78, 5) is 54.7. The lowest BCUT2D eigenvalue weighted by Gasteiger charge is -2.37. The van der Waals surface area contributed by atoms with Crippen LogP contribution in [0.2, 0.25) is 0 Å². The maximum Gasteiger partial charge on any atom is 0.420 e. The van der Waals surface area contributed by atoms with Crippen molar-refractivity contribution < 1.29 is 18.8 Å². The lowest BCUT2D eigenvalue weighted by Crippen LogP contribution is -2.46. The molecule has 170 valence electrons. The Morgan fingerprint density at radius 1 is 0.939 bits per heavy atom. The lowest BCUT2D eigenvalue weighted by molar-refractivity contribution is -0.147. The number of carbonyl (C=O) groups excluding carboxylic acids is 3. The molecule has 2 bridgehead atoms. The molecule has 6 atom stereocenters. The van der Waals surface area contributed by atoms with Gasteiger partial charge in [-0.1, -0.05) is 24.3 Å². The van der Waals surface area contributed by atoms with Gasteiger partial charge in [0, 0.05) is 19.1 Å². The predicted octanol–water partition coefficient (Wildman–Crippen LogP) is 1.81. The van der Waals surface area contributed by atoms with Crippen LogP contribution < -0.4 is 5.76 Å². The minimum atomic E-state index is -0.377. The molecule has 1 aromatic heterocycles. The molecule has 2 aliphatic heterocycles. The van der Waals surface area contributed by atoms with Crippen LogP contribution in [0, 0.1) is 35.5 Å². The van der Waals surface area contributed by atoms with Gasteiger partial charge in [0.1, 0.15) is 6.54 Å². The zero-order chi connectivity index (χ0) is 22.4. The summed E-state index contributed by atoms with van der Waals surface area (Å²) < 4.78 is 7.04. The molecule has 2 saturated heterocycles. The third kappa shape index (κ3) is 2.63. The van der Waals surface area contributed by atoms with Crippen LogP contribution in [0.15, 0.2) is 45.6 Å². The van der Waals surface area contributed by atoms with E-state index in [4.69, 9.17) is 4.42 Å². The Morgan fingerprint density at radius 3 is 2.24 bits per heavy atom. The fourth-order valence-corrected chi connectivity index (χ4v) is 7.11. The molecule has 2 saturated carbocycles. The second-order valence-electron chi connectivity index (χ2n) is 10.2. The highest BCUT2D eigenvalue weighted by atomic mass is 16.4. The molecular formula is C25H25N3O5. The Morgan fingerprint density at radius 2 is 1.58 bits per heavy atom. The van der Waals surface area contributed by atoms with Crippen LogP contribution in [0.1, 0.15) is 25.3 Å². The predicted molar refractivity (Wildman–Crippen MR) is 117 cm³/mol. The largest absolute Gasteiger partial charge is 0.420 e. The van der Waals surface area contributed by atoms with Gasteiger partial charge >= 0.3 is 5.76 Å². The summed E-state index contributed by atoms with van der Waals surface area (Å²) >= 11 is 0. The number of para-hydroxylation sites is 2. The number of rotatable bonds is 3. The first-order chi connectivity index (χ1) is 16.0. The number of nitrogens with zero attached hydrogens (tertiary/aromatic N) is 3. The third-order valence-electron chi connectivity index (χ3n) is 8.75. The SMILES string of the molecule is O=C(CN1C(=O)C2C3C=CC(C4CC34)C2C1=O)N1CCC(n2c(=O)oc3ccccc32)CC1. The average molecular weight is 447 g/mol. The van der Waals surface area contributed by atoms with E-state index in [0.717, 1.165) is 11.9 Å². The van der Waals surface area contributed by atoms with Gasteiger partial charge < -0.3 is 9.32 Å². The number of carbonyl (C=O) groups is 3. The summed E-state index contributed by atoms with van der Waals surface area (Å²) in [5, 5.41) is 0. The molecule has 0 N–H and O–H groups in total. The van der Waals surface area contributed by atoms with Crippen molar-refractivity contribution in [2.75, 3.05) is 19.6 Å². The van der Waals surface area contributed by atoms with E-state index in [2.05, 4.69) is 12.2 Å². The first kappa shape index (κ1) is 19.3. The number of fused-ring (bicyclic) bond motifs is 1. The van der Waals surface area contributed by atoms with E-state index in [1.807, 2.05) is 18.2 Å². The highest BCUT2D eigenvalue weighted by Crippen LogP contribution is 2.65. The normalized spacial score (nSPS) is 34.8. The second-order valence-corrected chi connectivity index (χ2v) is 10.2. The number of aromatic nitrogens is 1. The van der Waals surface area contributed by atoms with Gasteiger partial charge in [-0.3, -0.25) is 23.9 Å². The van der Waals surface area contributed by atoms with E-state index in [0.29, 0.717) is 43.3 Å². The monoisotopic (exact) mass is 447 g/mol. The van der Waals surface area contributed by atoms with Crippen molar-refractivity contribution in [2.24, 2.45) is 35.5 Å². The molecule has 0 radical (unpaired) electrons. The lowest BCUT2D eigenvalue weighted by atomic mass is 9.63. The van der Waals surface area contributed by atoms with Crippen LogP contribution in [-0.4, -0.2) is 51.7 Å². The van der Waals surface area contributed by atoms with Gasteiger partial charge in [-0.05, 0) is 55.1 Å². The molecule has 1 aromatic carbocycles. The molecule has 3 amide bonds. The van der Waals surface area contributed by atoms with Gasteiger partial charge in [0.15, 0.2) is 5.58 Å². The van der Waals surface area contributed by atoms with E-state index in [9.17, 15) is 19.2 Å². The van der Waals surface area contributed by atoms with Crippen LogP contribution in [0.4, 0.5) is 0 Å². The zero-order valence-corrected chi connectivity index (χ0v) is 18.1. The van der Waals surface area contributed by atoms with Crippen LogP contribution in [0.5, 0.6) is 0 Å². The fourth-order valence-electron chi connectivity index (χ4n) is 7.11. The van der Waals surface area contributed by atoms with Crippen LogP contribution >= 0.6 is 0 Å². The number of imide groups is 1. The molecule has 2 aromatic rings. The highest BCUT2D eigenvalue weighted by molar-refractivity contribution is 6.08. The highest BCUT2D eigenvalue weighted by Gasteiger charge is 2.67. The molecule has 4 aliphatic carbocycles. The number of allylic oxidation sites excluding steroid dienone is 2. The van der Waals surface area contributed by atoms with Gasteiger partial charge in [0.25, 0.3) is 0 Å². The summed E-state index contributed by atoms with van der Waals surface area (Å²) in [6.45, 7) is 0.795. The van der Waals surface area contributed by atoms with Gasteiger partial charge in [0.05, 0.1) is 17.4 Å². The minimum absolute atomic E-state index is 0.0449. The molecule has 8 rings (SSSR count). The van der Waals surface area contributed by atoms with Crippen molar-refractivity contribution >= 4 is 28.8 Å². The molecule has 3 heterocycles. The Balaban J connectivity index is 1.04. The molecule has 8 nitrogen and oxygen atoms in total. The third-order valence-corrected chi connectivity index (χ3v) is 8.75. The van der Waals surface area contributed by atoms with E-state index >= 15 is 0 Å². The van der Waals surface area contributed by atoms with E-state index in [-0.39, 0.29) is 59.7 Å². The fraction of sp³-hybridized carbons (Fsp3) is 0.520. The van der Waals surface area contributed by atoms with Gasteiger partial charge in [-0.2, -0.15) is 0 Å². The molecule has 6 aliphatic rings. The molecule has 0 spiro atoms. The maximum absolute atomic E-state index is 13.1. The van der Waals surface area contributed by atoms with Crippen molar-refractivity contribution in [1.82, 2.24) is 14.4 Å². The van der Waals surface area contributed by atoms with Crippen molar-refractivity contribution in [3.05, 3.63) is 47.0 Å². The molecule has 8 heteroatoms. The van der Waals surface area contributed by atoms with E-state index in [1.54, 1.807) is 15.5 Å². The molecule has 6 unspecified atom stereocenters. The minimum Gasteiger partial charge on any atom is -0.408 e. The zero-order valence-electron chi connectivity index (χ0n) is 18.1. The number of hydrogen-bond donors (Lipinski definition) is 0. The van der Waals surface area contributed by atoms with Crippen LogP contribution in [0.25, 0.3) is 11.1 Å². The van der Waals surface area contributed by atoms with Crippen molar-refractivity contribution in [1.29, 1.82) is 0 Å². The number of likely N-dealkylation sites (tertiary alicyclic amines) is 2. The Hall–Kier alpha value is -3.16. The summed E-state index contributed by atoms with van der Waals surface area (Å²) in [7, 11) is 0. The molecule has 4 fully saturated rings. The maximum atomic E-state index is 13.1. The van der Waals surface area contributed by atoms with Crippen molar-refractivity contribution in [3.63, 3.8) is 0 Å². The second kappa shape index (κ2) is 6.68. The quantitative estimate of drug-likeness (QED) is 0.529. The smallest absolute Gasteiger partial charge is 0.408 e. The molecular weight excluding hydrogens is 422 g/mol. The van der Waals surface area contributed by atoms with Crippen molar-refractivity contribution in [2.45, 2.75) is 25.3 Å². The number of benzene rings is 1. The molecule has 33 heavy (non-hydrogen) atoms. The number of hydrogen-bond acceptors (Lipinski definition) is 5. The van der Waals surface area contributed by atoms with Crippen LogP contribution in [-0.2, 0) is 14.4 Å². The topological polar surface area (TPSA) is 92.8 Å². The Kier molecular flexibility index (Phi) is 3.91. The first-order valence-corrected chi connectivity index (χ1v) is 11.9. The standard InChI is InChI=1S/C25H25N3O5/c29-20(12-27-23(30)21-14-5-6-15(17-11-16(14)17)22(21)24(27)31)26-9-7-13(8-10-26)28-18-3-1-2-4-19(18)33-25(28)32/h1-6,13-17,21-22H,7-12H2. The summed E-state index contributed by atoms with van der Waals surface area (Å²) in [6, 6.07) is 7.31. The van der Waals surface area contributed by atoms with Crippen molar-refractivity contribution in [3.8, 4) is 0 Å². The Bertz CT molecular complexity index is 1250. The van der Waals surface area contributed by atoms with Gasteiger partial charge in [-0.25, -0.2) is 4.79 Å². The van der Waals surface area contributed by atoms with Crippen LogP contribution in [0.3, 0.4) is 0 Å². The van der Waals surface area contributed by atoms with E-state index < -0.39 is 0 Å². The summed E-state index contributed by atoms with van der Waals surface area (Å²) in [6.07, 6.45) is 6.66. The van der Waals surface area contributed by atoms with E-state index in [1.165, 1.54) is 4.90 Å². The first-order valence-electron chi connectivity index (χ1n) is 11.9. The summed E-state index contributed by atoms with van der Waals surface area (Å²) in [5.74, 6) is 0.0172. The summed E-state index contributed by atoms with van der Waals surface area (Å²) in [5.41, 5.74) is 1.33. The number of piperidine rings is 1. The van der Waals surface area contributed by atoms with Gasteiger partial charge in [-0.15, -0.1) is 0 Å². The average Bonchev–Trinajstić information content (AvgIpc) is 3.54.